The van der Waals surface area contributed by atoms with Crippen LogP contribution in [0.15, 0.2) is 0 Å². The summed E-state index contributed by atoms with van der Waals surface area (Å²) in [5.41, 5.74) is 0. The molecule has 0 amide bonds. The summed E-state index contributed by atoms with van der Waals surface area (Å²) in [6, 6.07) is 0. The van der Waals surface area contributed by atoms with Crippen molar-refractivity contribution in [2.24, 2.45) is 0 Å². The van der Waals surface area contributed by atoms with Crippen molar-refractivity contribution in [1.82, 2.24) is 0 Å². The van der Waals surface area contributed by atoms with Gasteiger partial charge in [0.25, 0.3) is 0 Å². The van der Waals surface area contributed by atoms with Crippen LogP contribution < -0.4 is 0 Å². The largest absolute Gasteiger partial charge is 0.466 e. The van der Waals surface area contributed by atoms with Crippen molar-refractivity contribution in [1.29, 1.82) is 0 Å². The predicted molar refractivity (Wildman–Crippen MR) is 121 cm³/mol. The van der Waals surface area contributed by atoms with E-state index in [9.17, 15) is 9.59 Å². The van der Waals surface area contributed by atoms with Crippen LogP contribution in [0.2, 0.25) is 0 Å². The van der Waals surface area contributed by atoms with Gasteiger partial charge in [0.05, 0.1) is 13.2 Å². The molecule has 0 aromatic rings. The molecule has 29 heavy (non-hydrogen) atoms. The van der Waals surface area contributed by atoms with Crippen molar-refractivity contribution in [2.45, 2.75) is 136 Å². The molecule has 172 valence electrons. The van der Waals surface area contributed by atoms with Crippen LogP contribution in [0.4, 0.5) is 0 Å². The Balaban J connectivity index is 3.29. The first kappa shape index (κ1) is 27.9. The van der Waals surface area contributed by atoms with E-state index in [1.54, 1.807) is 0 Å². The van der Waals surface area contributed by atoms with Crippen LogP contribution in [0.5, 0.6) is 0 Å². The third-order valence-corrected chi connectivity index (χ3v) is 5.28. The molecule has 0 aromatic carbocycles. The lowest BCUT2D eigenvalue weighted by Crippen LogP contribution is -2.09. The van der Waals surface area contributed by atoms with E-state index in [1.807, 2.05) is 0 Å². The van der Waals surface area contributed by atoms with Gasteiger partial charge in [0, 0.05) is 12.8 Å². The van der Waals surface area contributed by atoms with E-state index >= 15 is 0 Å². The van der Waals surface area contributed by atoms with Gasteiger partial charge >= 0.3 is 11.9 Å². The molecule has 0 heterocycles. The molecule has 0 unspecified atom stereocenters. The Morgan fingerprint density at radius 1 is 0.448 bits per heavy atom. The Hall–Kier alpha value is -1.06. The van der Waals surface area contributed by atoms with Gasteiger partial charge in [0.2, 0.25) is 0 Å². The minimum absolute atomic E-state index is 0.190. The van der Waals surface area contributed by atoms with E-state index in [0.29, 0.717) is 32.5 Å². The molecular formula is C25H48O4. The highest BCUT2D eigenvalue weighted by molar-refractivity contribution is 5.72. The molecule has 0 fully saturated rings. The maximum absolute atomic E-state index is 11.7. The molecule has 4 heteroatoms. The zero-order chi connectivity index (χ0) is 21.4. The Bertz CT molecular complexity index is 368. The number of hydrogen-bond donors (Lipinski definition) is 0. The van der Waals surface area contributed by atoms with Gasteiger partial charge in [-0.25, -0.2) is 0 Å². The fraction of sp³-hybridized carbons (Fsp3) is 0.920. The molecule has 0 spiro atoms. The summed E-state index contributed by atoms with van der Waals surface area (Å²) in [4.78, 5) is 23.3. The van der Waals surface area contributed by atoms with Crippen molar-refractivity contribution in [3.05, 3.63) is 0 Å². The number of carbonyl (C=O) groups is 2. The van der Waals surface area contributed by atoms with Crippen molar-refractivity contribution in [2.75, 3.05) is 13.2 Å². The number of ether oxygens (including phenoxy) is 2. The molecule has 0 aliphatic carbocycles. The van der Waals surface area contributed by atoms with Gasteiger partial charge in [0.1, 0.15) is 0 Å². The van der Waals surface area contributed by atoms with Crippen LogP contribution in [0.1, 0.15) is 136 Å². The van der Waals surface area contributed by atoms with Crippen molar-refractivity contribution in [3.63, 3.8) is 0 Å². The molecule has 0 saturated heterocycles. The highest BCUT2D eigenvalue weighted by Crippen LogP contribution is 2.11. The van der Waals surface area contributed by atoms with Gasteiger partial charge in [-0.2, -0.15) is 0 Å². The summed E-state index contributed by atoms with van der Waals surface area (Å²) in [7, 11) is 0. The zero-order valence-electron chi connectivity index (χ0n) is 19.5. The number of hydrogen-bond acceptors (Lipinski definition) is 4. The molecule has 0 bridgehead atoms. The molecule has 0 atom stereocenters. The first-order chi connectivity index (χ1) is 14.2. The Labute approximate surface area is 180 Å². The van der Waals surface area contributed by atoms with Crippen LogP contribution >= 0.6 is 0 Å². The maximum Gasteiger partial charge on any atom is 0.305 e. The van der Waals surface area contributed by atoms with Crippen LogP contribution in [0.25, 0.3) is 0 Å². The number of rotatable bonds is 22. The van der Waals surface area contributed by atoms with Crippen molar-refractivity contribution < 1.29 is 19.1 Å². The maximum atomic E-state index is 11.7. The Morgan fingerprint density at radius 2 is 0.759 bits per heavy atom. The summed E-state index contributed by atoms with van der Waals surface area (Å²) in [6.07, 6.45) is 20.9. The molecule has 0 aromatic heterocycles. The van der Waals surface area contributed by atoms with Crippen LogP contribution in [-0.2, 0) is 19.1 Å². The minimum atomic E-state index is -0.193. The van der Waals surface area contributed by atoms with E-state index in [1.165, 1.54) is 77.0 Å². The average molecular weight is 413 g/mol. The average Bonchev–Trinajstić information content (AvgIpc) is 2.71. The molecule has 0 rings (SSSR count). The third kappa shape index (κ3) is 23.1. The van der Waals surface area contributed by atoms with Gasteiger partial charge in [0.15, 0.2) is 0 Å². The quantitative estimate of drug-likeness (QED) is 0.136. The van der Waals surface area contributed by atoms with E-state index in [2.05, 4.69) is 13.8 Å². The molecule has 0 aliphatic heterocycles. The van der Waals surface area contributed by atoms with Gasteiger partial charge in [-0.3, -0.25) is 9.59 Å². The number of esters is 2. The standard InChI is InChI=1S/C25H48O4/c1-3-5-7-9-11-12-13-14-16-18-23-29-25(27)21-19-20-24(26)28-22-17-15-10-8-6-4-2/h3-23H2,1-2H3. The summed E-state index contributed by atoms with van der Waals surface area (Å²) in [6.45, 7) is 5.47. The van der Waals surface area contributed by atoms with E-state index in [0.717, 1.165) is 25.7 Å². The third-order valence-electron chi connectivity index (χ3n) is 5.28. The van der Waals surface area contributed by atoms with Gasteiger partial charge in [-0.05, 0) is 19.3 Å². The summed E-state index contributed by atoms with van der Waals surface area (Å²) >= 11 is 0. The lowest BCUT2D eigenvalue weighted by atomic mass is 10.1. The van der Waals surface area contributed by atoms with Gasteiger partial charge in [-0.15, -0.1) is 0 Å². The van der Waals surface area contributed by atoms with Gasteiger partial charge in [-0.1, -0.05) is 104 Å². The monoisotopic (exact) mass is 412 g/mol. The fourth-order valence-electron chi connectivity index (χ4n) is 3.37. The topological polar surface area (TPSA) is 52.6 Å². The second-order valence-electron chi connectivity index (χ2n) is 8.24. The van der Waals surface area contributed by atoms with E-state index < -0.39 is 0 Å². The SMILES string of the molecule is CCCCCCCCCCCCOC(=O)CCCC(=O)OCCCCCCCC. The predicted octanol–water partition coefficient (Wildman–Crippen LogP) is 7.52. The first-order valence-corrected chi connectivity index (χ1v) is 12.5. The van der Waals surface area contributed by atoms with Crippen molar-refractivity contribution >= 4 is 11.9 Å². The molecule has 0 aliphatic rings. The number of carbonyl (C=O) groups excluding carboxylic acids is 2. The zero-order valence-corrected chi connectivity index (χ0v) is 19.5. The minimum Gasteiger partial charge on any atom is -0.466 e. The van der Waals surface area contributed by atoms with Gasteiger partial charge < -0.3 is 9.47 Å². The van der Waals surface area contributed by atoms with E-state index in [-0.39, 0.29) is 11.9 Å². The van der Waals surface area contributed by atoms with Crippen LogP contribution in [-0.4, -0.2) is 25.2 Å². The molecule has 4 nitrogen and oxygen atoms in total. The lowest BCUT2D eigenvalue weighted by molar-refractivity contribution is -0.145. The normalized spacial score (nSPS) is 10.8. The van der Waals surface area contributed by atoms with Crippen molar-refractivity contribution in [3.8, 4) is 0 Å². The fourth-order valence-corrected chi connectivity index (χ4v) is 3.37. The lowest BCUT2D eigenvalue weighted by Gasteiger charge is -2.06. The summed E-state index contributed by atoms with van der Waals surface area (Å²) in [5, 5.41) is 0. The highest BCUT2D eigenvalue weighted by Gasteiger charge is 2.07. The number of unbranched alkanes of at least 4 members (excludes halogenated alkanes) is 14. The Morgan fingerprint density at radius 3 is 1.10 bits per heavy atom. The second-order valence-corrected chi connectivity index (χ2v) is 8.24. The first-order valence-electron chi connectivity index (χ1n) is 12.5. The van der Waals surface area contributed by atoms with Crippen LogP contribution in [0, 0.1) is 0 Å². The summed E-state index contributed by atoms with van der Waals surface area (Å²) < 4.78 is 10.5. The van der Waals surface area contributed by atoms with Crippen LogP contribution in [0.3, 0.4) is 0 Å². The summed E-state index contributed by atoms with van der Waals surface area (Å²) in [5.74, 6) is -0.384. The molecule has 0 radical (unpaired) electrons. The smallest absolute Gasteiger partial charge is 0.305 e. The second kappa shape index (κ2) is 23.2. The molecule has 0 N–H and O–H groups in total. The highest BCUT2D eigenvalue weighted by atomic mass is 16.5. The molecular weight excluding hydrogens is 364 g/mol. The molecule has 0 saturated carbocycles. The Kier molecular flexibility index (Phi) is 22.4. The van der Waals surface area contributed by atoms with E-state index in [4.69, 9.17) is 9.47 Å².